The lowest BCUT2D eigenvalue weighted by Crippen LogP contribution is -2.02. The summed E-state index contributed by atoms with van der Waals surface area (Å²) in [4.78, 5) is 6.70. The van der Waals surface area contributed by atoms with Gasteiger partial charge in [0.1, 0.15) is 5.82 Å². The fourth-order valence-electron chi connectivity index (χ4n) is 0.861. The first kappa shape index (κ1) is 8.20. The Morgan fingerprint density at radius 3 is 3.00 bits per heavy atom. The van der Waals surface area contributed by atoms with Crippen molar-refractivity contribution < 1.29 is 4.39 Å². The van der Waals surface area contributed by atoms with Crippen molar-refractivity contribution in [2.75, 3.05) is 6.54 Å². The zero-order valence-corrected chi connectivity index (χ0v) is 6.47. The number of nitrogens with one attached hydrogen (secondary N) is 1. The molecule has 0 bridgehead atoms. The second kappa shape index (κ2) is 3.48. The van der Waals surface area contributed by atoms with Crippen LogP contribution < -0.4 is 5.73 Å². The van der Waals surface area contributed by atoms with Gasteiger partial charge in [-0.15, -0.1) is 0 Å². The summed E-state index contributed by atoms with van der Waals surface area (Å²) in [7, 11) is 0. The lowest BCUT2D eigenvalue weighted by atomic mass is 10.3. The molecule has 0 aliphatic carbocycles. The maximum Gasteiger partial charge on any atom is 0.155 e. The molecular weight excluding hydrogens is 145 g/mol. The first-order valence-electron chi connectivity index (χ1n) is 3.62. The average Bonchev–Trinajstić information content (AvgIpc) is 2.37. The minimum atomic E-state index is -1.03. The van der Waals surface area contributed by atoms with Gasteiger partial charge >= 0.3 is 0 Å². The van der Waals surface area contributed by atoms with E-state index in [1.54, 1.807) is 6.20 Å². The maximum absolute atomic E-state index is 12.6. The Morgan fingerprint density at radius 2 is 2.55 bits per heavy atom. The van der Waals surface area contributed by atoms with Crippen LogP contribution in [0.4, 0.5) is 4.39 Å². The van der Waals surface area contributed by atoms with Gasteiger partial charge in [-0.3, -0.25) is 0 Å². The van der Waals surface area contributed by atoms with Gasteiger partial charge in [0, 0.05) is 18.3 Å². The van der Waals surface area contributed by atoms with Crippen LogP contribution in [0.25, 0.3) is 0 Å². The lowest BCUT2D eigenvalue weighted by Gasteiger charge is -1.94. The molecular formula is C7H12FN3. The zero-order chi connectivity index (χ0) is 8.27. The quantitative estimate of drug-likeness (QED) is 0.686. The summed E-state index contributed by atoms with van der Waals surface area (Å²) in [5.41, 5.74) is 6.20. The van der Waals surface area contributed by atoms with Crippen LogP contribution in [0.5, 0.6) is 0 Å². The number of hydrogen-bond acceptors (Lipinski definition) is 2. The standard InChI is InChI=1S/C7H12FN3/c1-5(8)7-10-4-6(11-7)2-3-9/h4-5H,2-3,9H2,1H3,(H,10,11). The van der Waals surface area contributed by atoms with Gasteiger partial charge < -0.3 is 10.7 Å². The van der Waals surface area contributed by atoms with E-state index in [4.69, 9.17) is 5.73 Å². The van der Waals surface area contributed by atoms with E-state index in [-0.39, 0.29) is 0 Å². The van der Waals surface area contributed by atoms with E-state index in [2.05, 4.69) is 9.97 Å². The van der Waals surface area contributed by atoms with Gasteiger partial charge in [0.25, 0.3) is 0 Å². The molecule has 62 valence electrons. The molecule has 4 heteroatoms. The normalized spacial score (nSPS) is 13.4. The fraction of sp³-hybridized carbons (Fsp3) is 0.571. The molecule has 1 unspecified atom stereocenters. The molecule has 0 aliphatic heterocycles. The van der Waals surface area contributed by atoms with Crippen LogP contribution in [0.15, 0.2) is 6.20 Å². The number of rotatable bonds is 3. The third kappa shape index (κ3) is 2.01. The molecule has 1 rings (SSSR count). The molecule has 0 saturated heterocycles. The summed E-state index contributed by atoms with van der Waals surface area (Å²) in [5.74, 6) is 0.383. The van der Waals surface area contributed by atoms with E-state index in [1.807, 2.05) is 0 Å². The topological polar surface area (TPSA) is 54.7 Å². The molecule has 3 N–H and O–H groups in total. The van der Waals surface area contributed by atoms with Crippen molar-refractivity contribution in [3.8, 4) is 0 Å². The van der Waals surface area contributed by atoms with Gasteiger partial charge in [-0.05, 0) is 13.5 Å². The minimum Gasteiger partial charge on any atom is -0.343 e. The SMILES string of the molecule is CC(F)c1ncc(CCN)[nH]1. The zero-order valence-electron chi connectivity index (χ0n) is 6.47. The molecule has 0 radical (unpaired) electrons. The third-order valence-corrected chi connectivity index (χ3v) is 1.44. The van der Waals surface area contributed by atoms with Crippen LogP contribution in [0.1, 0.15) is 24.6 Å². The third-order valence-electron chi connectivity index (χ3n) is 1.44. The molecule has 0 saturated carbocycles. The van der Waals surface area contributed by atoms with Crippen LogP contribution in [0, 0.1) is 0 Å². The van der Waals surface area contributed by atoms with Gasteiger partial charge in [-0.1, -0.05) is 0 Å². The minimum absolute atomic E-state index is 0.383. The molecule has 1 atom stereocenters. The molecule has 0 aromatic carbocycles. The summed E-state index contributed by atoms with van der Waals surface area (Å²) >= 11 is 0. The van der Waals surface area contributed by atoms with Gasteiger partial charge in [-0.25, -0.2) is 9.37 Å². The Bertz CT molecular complexity index is 219. The Labute approximate surface area is 64.8 Å². The van der Waals surface area contributed by atoms with Gasteiger partial charge in [0.05, 0.1) is 0 Å². The molecule has 0 fully saturated rings. The van der Waals surface area contributed by atoms with Crippen LogP contribution in [0.2, 0.25) is 0 Å². The van der Waals surface area contributed by atoms with E-state index in [1.165, 1.54) is 6.92 Å². The molecule has 11 heavy (non-hydrogen) atoms. The number of halogens is 1. The molecule has 0 amide bonds. The van der Waals surface area contributed by atoms with E-state index in [0.717, 1.165) is 12.1 Å². The van der Waals surface area contributed by atoms with Crippen molar-refractivity contribution in [1.29, 1.82) is 0 Å². The number of imidazole rings is 1. The van der Waals surface area contributed by atoms with Crippen molar-refractivity contribution in [3.05, 3.63) is 17.7 Å². The summed E-state index contributed by atoms with van der Waals surface area (Å²) in [6.07, 6.45) is 1.32. The number of alkyl halides is 1. The average molecular weight is 157 g/mol. The van der Waals surface area contributed by atoms with Crippen molar-refractivity contribution in [2.45, 2.75) is 19.5 Å². The van der Waals surface area contributed by atoms with Crippen molar-refractivity contribution >= 4 is 0 Å². The Hall–Kier alpha value is -0.900. The van der Waals surface area contributed by atoms with E-state index < -0.39 is 6.17 Å². The Morgan fingerprint density at radius 1 is 1.82 bits per heavy atom. The number of H-pyrrole nitrogens is 1. The molecule has 3 nitrogen and oxygen atoms in total. The largest absolute Gasteiger partial charge is 0.343 e. The van der Waals surface area contributed by atoms with Crippen molar-refractivity contribution in [1.82, 2.24) is 9.97 Å². The predicted octanol–water partition coefficient (Wildman–Crippen LogP) is 0.941. The molecule has 1 aromatic heterocycles. The number of nitrogens with two attached hydrogens (primary N) is 1. The van der Waals surface area contributed by atoms with Gasteiger partial charge in [-0.2, -0.15) is 0 Å². The second-order valence-electron chi connectivity index (χ2n) is 2.45. The number of nitrogens with zero attached hydrogens (tertiary/aromatic N) is 1. The molecule has 1 heterocycles. The van der Waals surface area contributed by atoms with Crippen LogP contribution in [0.3, 0.4) is 0 Å². The number of aromatic nitrogens is 2. The highest BCUT2D eigenvalue weighted by atomic mass is 19.1. The Balaban J connectivity index is 2.66. The fourth-order valence-corrected chi connectivity index (χ4v) is 0.861. The van der Waals surface area contributed by atoms with Gasteiger partial charge in [0.15, 0.2) is 6.17 Å². The number of aromatic amines is 1. The highest BCUT2D eigenvalue weighted by Gasteiger charge is 2.06. The van der Waals surface area contributed by atoms with Crippen LogP contribution >= 0.6 is 0 Å². The Kier molecular flexibility index (Phi) is 2.59. The summed E-state index contributed by atoms with van der Waals surface area (Å²) in [6, 6.07) is 0. The highest BCUT2D eigenvalue weighted by molar-refractivity contribution is 5.03. The number of hydrogen-bond donors (Lipinski definition) is 2. The molecule has 0 aliphatic rings. The van der Waals surface area contributed by atoms with Crippen molar-refractivity contribution in [3.63, 3.8) is 0 Å². The maximum atomic E-state index is 12.6. The van der Waals surface area contributed by atoms with Gasteiger partial charge in [0.2, 0.25) is 0 Å². The lowest BCUT2D eigenvalue weighted by molar-refractivity contribution is 0.358. The predicted molar refractivity (Wildman–Crippen MR) is 40.9 cm³/mol. The first-order chi connectivity index (χ1) is 5.24. The molecule has 0 spiro atoms. The summed E-state index contributed by atoms with van der Waals surface area (Å²) in [5, 5.41) is 0. The molecule has 1 aromatic rings. The summed E-state index contributed by atoms with van der Waals surface area (Å²) < 4.78 is 12.6. The first-order valence-corrected chi connectivity index (χ1v) is 3.62. The summed E-state index contributed by atoms with van der Waals surface area (Å²) in [6.45, 7) is 2.01. The highest BCUT2D eigenvalue weighted by Crippen LogP contribution is 2.11. The van der Waals surface area contributed by atoms with E-state index in [9.17, 15) is 4.39 Å². The smallest absolute Gasteiger partial charge is 0.155 e. The van der Waals surface area contributed by atoms with Crippen LogP contribution in [-0.4, -0.2) is 16.5 Å². The van der Waals surface area contributed by atoms with E-state index >= 15 is 0 Å². The monoisotopic (exact) mass is 157 g/mol. The van der Waals surface area contributed by atoms with Crippen LogP contribution in [-0.2, 0) is 6.42 Å². The van der Waals surface area contributed by atoms with E-state index in [0.29, 0.717) is 12.4 Å². The second-order valence-corrected chi connectivity index (χ2v) is 2.45. The van der Waals surface area contributed by atoms with Crippen molar-refractivity contribution in [2.24, 2.45) is 5.73 Å².